The average molecular weight is 556 g/mol. The lowest BCUT2D eigenvalue weighted by atomic mass is 10.2. The summed E-state index contributed by atoms with van der Waals surface area (Å²) in [5, 5.41) is 20.0. The van der Waals surface area contributed by atoms with E-state index in [0.717, 1.165) is 10.9 Å². The van der Waals surface area contributed by atoms with Gasteiger partial charge in [0.1, 0.15) is 31.0 Å². The Kier molecular flexibility index (Phi) is 7.01. The van der Waals surface area contributed by atoms with Crippen LogP contribution in [0.3, 0.4) is 0 Å². The molecule has 5 rings (SSSR count). The van der Waals surface area contributed by atoms with Gasteiger partial charge >= 0.3 is 5.69 Å². The topological polar surface area (TPSA) is 281 Å². The number of aromatic nitrogens is 7. The van der Waals surface area contributed by atoms with Gasteiger partial charge in [0.2, 0.25) is 11.9 Å². The lowest BCUT2D eigenvalue weighted by molar-refractivity contribution is -0.234. The van der Waals surface area contributed by atoms with Crippen molar-refractivity contribution in [2.24, 2.45) is 0 Å². The van der Waals surface area contributed by atoms with Gasteiger partial charge in [0.05, 0.1) is 31.7 Å². The zero-order valence-electron chi connectivity index (χ0n) is 19.4. The molecule has 19 nitrogen and oxygen atoms in total. The average Bonchev–Trinajstić information content (AvgIpc) is 3.54. The van der Waals surface area contributed by atoms with E-state index in [1.807, 2.05) is 0 Å². The molecular weight excluding hydrogens is 533 g/mol. The Morgan fingerprint density at radius 2 is 1.84 bits per heavy atom. The summed E-state index contributed by atoms with van der Waals surface area (Å²) < 4.78 is 36.2. The van der Waals surface area contributed by atoms with Crippen molar-refractivity contribution in [2.45, 2.75) is 49.7 Å². The number of phosphoric ester groups is 1. The largest absolute Gasteiger partial charge is 0.756 e. The molecule has 20 heteroatoms. The number of anilines is 2. The highest BCUT2D eigenvalue weighted by molar-refractivity contribution is 7.45. The maximum atomic E-state index is 12.5. The maximum Gasteiger partial charge on any atom is 0.354 e. The first-order chi connectivity index (χ1) is 18.0. The number of nitrogens with zero attached hydrogens (tertiary/aromatic N) is 6. The van der Waals surface area contributed by atoms with Crippen molar-refractivity contribution in [3.63, 3.8) is 0 Å². The molecular formula is C18H23N9O10P-. The number of nitrogens with one attached hydrogen (secondary N) is 1. The first-order valence-corrected chi connectivity index (χ1v) is 12.7. The van der Waals surface area contributed by atoms with Crippen molar-refractivity contribution in [2.75, 3.05) is 24.7 Å². The van der Waals surface area contributed by atoms with Gasteiger partial charge in [0, 0.05) is 12.8 Å². The molecule has 0 bridgehead atoms. The fraction of sp³-hybridized carbons (Fsp3) is 0.556. The minimum Gasteiger partial charge on any atom is -0.756 e. The van der Waals surface area contributed by atoms with Crippen LogP contribution in [0, 0.1) is 0 Å². The van der Waals surface area contributed by atoms with Crippen molar-refractivity contribution >= 4 is 30.9 Å². The molecule has 2 aliphatic heterocycles. The Bertz CT molecular complexity index is 1490. The molecule has 0 radical (unpaired) electrons. The molecule has 3 aromatic rings. The van der Waals surface area contributed by atoms with Crippen LogP contribution in [0.1, 0.15) is 25.3 Å². The zero-order valence-corrected chi connectivity index (χ0v) is 20.3. The highest BCUT2D eigenvalue weighted by atomic mass is 31.2. The number of aliphatic hydroxyl groups excluding tert-OH is 2. The van der Waals surface area contributed by atoms with E-state index >= 15 is 0 Å². The van der Waals surface area contributed by atoms with Crippen LogP contribution in [0.5, 0.6) is 0 Å². The molecule has 0 amide bonds. The molecule has 5 heterocycles. The molecule has 0 saturated carbocycles. The van der Waals surface area contributed by atoms with Crippen molar-refractivity contribution < 1.29 is 38.2 Å². The van der Waals surface area contributed by atoms with Crippen LogP contribution < -0.4 is 27.6 Å². The standard InChI is InChI=1S/C18H24N9O10P/c19-16-22-6-27(18(31)25-16)12-2-8(9(3-28)35-12)37-38(32,33)34-4-10-7(29)1-11(36-10)26-5-21-13-14(26)23-17(20)24-15(13)30/h5-12,28-29H,1-4H2,(H,32,33)(H2,19,25,31)(H3,20,23,24,30)/p-1. The maximum absolute atomic E-state index is 12.5. The van der Waals surface area contributed by atoms with E-state index < -0.39 is 69.2 Å². The molecule has 7 atom stereocenters. The van der Waals surface area contributed by atoms with Gasteiger partial charge in [-0.05, 0) is 0 Å². The van der Waals surface area contributed by atoms with E-state index in [4.69, 9.17) is 30.0 Å². The summed E-state index contributed by atoms with van der Waals surface area (Å²) >= 11 is 0. The quantitative estimate of drug-likeness (QED) is 0.170. The van der Waals surface area contributed by atoms with E-state index in [2.05, 4.69) is 24.9 Å². The van der Waals surface area contributed by atoms with Crippen molar-refractivity contribution in [3.05, 3.63) is 33.5 Å². The number of rotatable bonds is 8. The Morgan fingerprint density at radius 3 is 2.58 bits per heavy atom. The number of H-pyrrole nitrogens is 1. The minimum absolute atomic E-state index is 0.0118. The number of ether oxygens (including phenoxy) is 2. The van der Waals surface area contributed by atoms with Crippen LogP contribution in [0.4, 0.5) is 11.9 Å². The van der Waals surface area contributed by atoms with Gasteiger partial charge in [0.25, 0.3) is 13.4 Å². The SMILES string of the molecule is Nc1ncn(C2CC(OP(=O)([O-])OCC3OC(n4cnc5c(=O)[nH]c(N)nc54)CC3O)C(CO)O2)c(=O)n1. The predicted octanol–water partition coefficient (Wildman–Crippen LogP) is -3.27. The van der Waals surface area contributed by atoms with Crippen LogP contribution in [0.15, 0.2) is 22.2 Å². The third-order valence-corrected chi connectivity index (χ3v) is 7.04. The summed E-state index contributed by atoms with van der Waals surface area (Å²) in [6.07, 6.45) is -4.16. The zero-order chi connectivity index (χ0) is 27.2. The molecule has 0 aromatic carbocycles. The first kappa shape index (κ1) is 26.3. The van der Waals surface area contributed by atoms with Gasteiger partial charge < -0.3 is 45.1 Å². The number of hydrogen-bond donors (Lipinski definition) is 5. The van der Waals surface area contributed by atoms with Crippen LogP contribution in [-0.4, -0.2) is 81.9 Å². The van der Waals surface area contributed by atoms with E-state index in [1.54, 1.807) is 0 Å². The Balaban J connectivity index is 1.22. The van der Waals surface area contributed by atoms with Gasteiger partial charge in [-0.2, -0.15) is 9.97 Å². The highest BCUT2D eigenvalue weighted by Gasteiger charge is 2.41. The number of hydrogen-bond acceptors (Lipinski definition) is 16. The third kappa shape index (κ3) is 5.18. The van der Waals surface area contributed by atoms with E-state index in [1.165, 1.54) is 10.9 Å². The summed E-state index contributed by atoms with van der Waals surface area (Å²) in [7, 11) is -5.01. The van der Waals surface area contributed by atoms with Crippen molar-refractivity contribution in [1.82, 2.24) is 34.1 Å². The summed E-state index contributed by atoms with van der Waals surface area (Å²) in [6, 6.07) is 0. The fourth-order valence-corrected chi connectivity index (χ4v) is 5.19. The van der Waals surface area contributed by atoms with Gasteiger partial charge in [-0.1, -0.05) is 0 Å². The van der Waals surface area contributed by atoms with E-state index in [9.17, 15) is 29.3 Å². The summed E-state index contributed by atoms with van der Waals surface area (Å²) in [6.45, 7) is -1.22. The van der Waals surface area contributed by atoms with Crippen LogP contribution in [0.2, 0.25) is 0 Å². The van der Waals surface area contributed by atoms with Gasteiger partial charge in [-0.3, -0.25) is 23.5 Å². The lowest BCUT2D eigenvalue weighted by Gasteiger charge is -2.29. The van der Waals surface area contributed by atoms with Gasteiger partial charge in [0.15, 0.2) is 11.2 Å². The Morgan fingerprint density at radius 1 is 1.13 bits per heavy atom. The van der Waals surface area contributed by atoms with E-state index in [-0.39, 0.29) is 35.9 Å². The number of imidazole rings is 1. The molecule has 0 aliphatic carbocycles. The monoisotopic (exact) mass is 556 g/mol. The number of nitrogen functional groups attached to an aromatic ring is 2. The van der Waals surface area contributed by atoms with Gasteiger partial charge in [-0.15, -0.1) is 0 Å². The normalized spacial score (nSPS) is 29.1. The fourth-order valence-electron chi connectivity index (χ4n) is 4.25. The lowest BCUT2D eigenvalue weighted by Crippen LogP contribution is -2.31. The smallest absolute Gasteiger partial charge is 0.354 e. The number of phosphoric acid groups is 1. The minimum atomic E-state index is -5.01. The number of fused-ring (bicyclic) bond motifs is 1. The van der Waals surface area contributed by atoms with Crippen molar-refractivity contribution in [3.8, 4) is 0 Å². The second kappa shape index (κ2) is 10.1. The molecule has 2 saturated heterocycles. The summed E-state index contributed by atoms with van der Waals surface area (Å²) in [4.78, 5) is 54.1. The van der Waals surface area contributed by atoms with Crippen LogP contribution in [0.25, 0.3) is 11.2 Å². The highest BCUT2D eigenvalue weighted by Crippen LogP contribution is 2.45. The van der Waals surface area contributed by atoms with Crippen molar-refractivity contribution in [1.29, 1.82) is 0 Å². The number of aliphatic hydroxyl groups is 2. The van der Waals surface area contributed by atoms with Crippen LogP contribution in [-0.2, 0) is 23.1 Å². The van der Waals surface area contributed by atoms with E-state index in [0.29, 0.717) is 0 Å². The molecule has 2 fully saturated rings. The Hall–Kier alpha value is -3.29. The summed E-state index contributed by atoms with van der Waals surface area (Å²) in [5.74, 6) is -0.387. The molecule has 2 aliphatic rings. The first-order valence-electron chi connectivity index (χ1n) is 11.2. The molecule has 7 N–H and O–H groups in total. The molecule has 7 unspecified atom stereocenters. The molecule has 3 aromatic heterocycles. The number of aromatic amines is 1. The van der Waals surface area contributed by atoms with Gasteiger partial charge in [-0.25, -0.2) is 14.8 Å². The Labute approximate surface area is 211 Å². The van der Waals surface area contributed by atoms with Crippen LogP contribution >= 0.6 is 7.82 Å². The number of nitrogens with two attached hydrogens (primary N) is 2. The third-order valence-electron chi connectivity index (χ3n) is 6.04. The second-order valence-corrected chi connectivity index (χ2v) is 9.91. The predicted molar refractivity (Wildman–Crippen MR) is 122 cm³/mol. The summed E-state index contributed by atoms with van der Waals surface area (Å²) in [5.41, 5.74) is 9.76. The molecule has 38 heavy (non-hydrogen) atoms. The molecule has 206 valence electrons. The second-order valence-electron chi connectivity index (χ2n) is 8.55. The molecule has 0 spiro atoms.